The van der Waals surface area contributed by atoms with Crippen LogP contribution in [0.15, 0.2) is 18.2 Å². The highest BCUT2D eigenvalue weighted by Gasteiger charge is 2.47. The zero-order chi connectivity index (χ0) is 13.5. The van der Waals surface area contributed by atoms with E-state index < -0.39 is 24.1 Å². The Bertz CT molecular complexity index is 442. The van der Waals surface area contributed by atoms with Gasteiger partial charge in [-0.05, 0) is 31.0 Å². The third kappa shape index (κ3) is 2.29. The first-order valence-corrected chi connectivity index (χ1v) is 5.68. The Balaban J connectivity index is 2.39. The summed E-state index contributed by atoms with van der Waals surface area (Å²) in [6.45, 7) is 1.53. The summed E-state index contributed by atoms with van der Waals surface area (Å²) < 4.78 is 52.2. The minimum Gasteiger partial charge on any atom is -0.358 e. The lowest BCUT2D eigenvalue weighted by atomic mass is 10.1. The summed E-state index contributed by atoms with van der Waals surface area (Å²) in [5, 5.41) is 0. The van der Waals surface area contributed by atoms with Crippen LogP contribution in [-0.2, 0) is 6.42 Å². The lowest BCUT2D eigenvalue weighted by Crippen LogP contribution is -2.54. The van der Waals surface area contributed by atoms with Gasteiger partial charge < -0.3 is 10.6 Å². The number of fused-ring (bicyclic) bond motifs is 1. The number of benzene rings is 1. The molecule has 2 nitrogen and oxygen atoms in total. The van der Waals surface area contributed by atoms with Gasteiger partial charge in [0.25, 0.3) is 0 Å². The smallest absolute Gasteiger partial charge is 0.358 e. The molecule has 100 valence electrons. The van der Waals surface area contributed by atoms with Gasteiger partial charge >= 0.3 is 6.18 Å². The number of nitrogens with zero attached hydrogens (tertiary/aromatic N) is 1. The molecule has 0 aliphatic carbocycles. The van der Waals surface area contributed by atoms with E-state index in [1.54, 1.807) is 0 Å². The first kappa shape index (κ1) is 13.1. The third-order valence-electron chi connectivity index (χ3n) is 3.15. The highest BCUT2D eigenvalue weighted by atomic mass is 19.4. The normalized spacial score (nSPS) is 18.7. The molecule has 18 heavy (non-hydrogen) atoms. The summed E-state index contributed by atoms with van der Waals surface area (Å²) in [4.78, 5) is 1.16. The van der Waals surface area contributed by atoms with Crippen LogP contribution in [0.2, 0.25) is 0 Å². The summed E-state index contributed by atoms with van der Waals surface area (Å²) in [5.41, 5.74) is 6.47. The molecule has 0 spiro atoms. The van der Waals surface area contributed by atoms with Gasteiger partial charge in [-0.25, -0.2) is 4.39 Å². The monoisotopic (exact) mass is 262 g/mol. The van der Waals surface area contributed by atoms with Gasteiger partial charge in [0.15, 0.2) is 0 Å². The van der Waals surface area contributed by atoms with Crippen LogP contribution in [0.5, 0.6) is 0 Å². The Morgan fingerprint density at radius 2 is 2.00 bits per heavy atom. The minimum absolute atomic E-state index is 0.213. The van der Waals surface area contributed by atoms with E-state index in [2.05, 4.69) is 0 Å². The predicted molar refractivity (Wildman–Crippen MR) is 60.9 cm³/mol. The number of hydrogen-bond donors (Lipinski definition) is 1. The third-order valence-corrected chi connectivity index (χ3v) is 3.15. The quantitative estimate of drug-likeness (QED) is 0.830. The predicted octanol–water partition coefficient (Wildman–Crippen LogP) is 2.47. The van der Waals surface area contributed by atoms with Crippen molar-refractivity contribution in [3.8, 4) is 0 Å². The molecule has 0 radical (unpaired) electrons. The topological polar surface area (TPSA) is 29.3 Å². The van der Waals surface area contributed by atoms with Gasteiger partial charge in [-0.15, -0.1) is 0 Å². The van der Waals surface area contributed by atoms with Crippen LogP contribution < -0.4 is 10.6 Å². The molecule has 0 bridgehead atoms. The Kier molecular flexibility index (Phi) is 3.23. The number of hydrogen-bond acceptors (Lipinski definition) is 2. The Labute approximate surface area is 102 Å². The van der Waals surface area contributed by atoms with Crippen molar-refractivity contribution < 1.29 is 17.6 Å². The van der Waals surface area contributed by atoms with Crippen molar-refractivity contribution in [3.05, 3.63) is 29.6 Å². The van der Waals surface area contributed by atoms with Crippen molar-refractivity contribution in [2.75, 3.05) is 11.4 Å². The molecule has 0 fully saturated rings. The Morgan fingerprint density at radius 1 is 1.33 bits per heavy atom. The first-order chi connectivity index (χ1) is 8.30. The van der Waals surface area contributed by atoms with E-state index in [0.29, 0.717) is 12.1 Å². The molecule has 2 rings (SSSR count). The largest absolute Gasteiger partial charge is 0.410 e. The molecular formula is C12H14F4N2. The fraction of sp³-hybridized carbons (Fsp3) is 0.500. The van der Waals surface area contributed by atoms with Crippen molar-refractivity contribution >= 4 is 5.69 Å². The van der Waals surface area contributed by atoms with Crippen molar-refractivity contribution in [3.63, 3.8) is 0 Å². The molecule has 2 unspecified atom stereocenters. The fourth-order valence-electron chi connectivity index (χ4n) is 2.42. The lowest BCUT2D eigenvalue weighted by molar-refractivity contribution is -0.151. The number of anilines is 1. The summed E-state index contributed by atoms with van der Waals surface area (Å²) in [6, 6.07) is 1.08. The molecule has 1 aromatic carbocycles. The van der Waals surface area contributed by atoms with Gasteiger partial charge in [-0.3, -0.25) is 0 Å². The second-order valence-corrected chi connectivity index (χ2v) is 4.56. The molecule has 1 aliphatic heterocycles. The summed E-state index contributed by atoms with van der Waals surface area (Å²) in [6.07, 6.45) is -3.95. The van der Waals surface area contributed by atoms with Gasteiger partial charge in [0.05, 0.1) is 0 Å². The Morgan fingerprint density at radius 3 is 2.56 bits per heavy atom. The van der Waals surface area contributed by atoms with E-state index in [0.717, 1.165) is 16.5 Å². The maximum atomic E-state index is 13.2. The van der Waals surface area contributed by atoms with Crippen LogP contribution in [0.3, 0.4) is 0 Å². The zero-order valence-electron chi connectivity index (χ0n) is 9.84. The molecule has 0 saturated carbocycles. The molecule has 0 amide bonds. The average molecular weight is 262 g/mol. The molecule has 0 saturated heterocycles. The Hall–Kier alpha value is -1.30. The molecule has 6 heteroatoms. The van der Waals surface area contributed by atoms with Gasteiger partial charge in [-0.2, -0.15) is 13.2 Å². The van der Waals surface area contributed by atoms with Crippen LogP contribution in [0.1, 0.15) is 12.5 Å². The lowest BCUT2D eigenvalue weighted by Gasteiger charge is -2.34. The number of halogens is 4. The highest BCUT2D eigenvalue weighted by molar-refractivity contribution is 5.59. The van der Waals surface area contributed by atoms with E-state index in [1.807, 2.05) is 0 Å². The van der Waals surface area contributed by atoms with Crippen molar-refractivity contribution in [1.29, 1.82) is 0 Å². The summed E-state index contributed by atoms with van der Waals surface area (Å²) in [7, 11) is 0. The molecule has 2 N–H and O–H groups in total. The van der Waals surface area contributed by atoms with E-state index in [1.165, 1.54) is 19.1 Å². The molecular weight excluding hydrogens is 248 g/mol. The second-order valence-electron chi connectivity index (χ2n) is 4.56. The second kappa shape index (κ2) is 4.42. The standard InChI is InChI=1S/C12H14F4N2/c1-7(17)11(12(14,15)16)18-5-4-8-2-3-9(13)6-10(8)18/h2-3,6-7,11H,4-5,17H2,1H3. The van der Waals surface area contributed by atoms with Crippen LogP contribution in [0, 0.1) is 5.82 Å². The van der Waals surface area contributed by atoms with E-state index in [9.17, 15) is 17.6 Å². The zero-order valence-corrected chi connectivity index (χ0v) is 9.84. The SMILES string of the molecule is CC(N)C(N1CCc2ccc(F)cc21)C(F)(F)F. The van der Waals surface area contributed by atoms with Crippen LogP contribution in [0.25, 0.3) is 0 Å². The van der Waals surface area contributed by atoms with Gasteiger partial charge in [0, 0.05) is 18.3 Å². The number of nitrogens with two attached hydrogens (primary N) is 1. The number of rotatable bonds is 2. The highest BCUT2D eigenvalue weighted by Crippen LogP contribution is 2.36. The van der Waals surface area contributed by atoms with Gasteiger partial charge in [0.1, 0.15) is 11.9 Å². The van der Waals surface area contributed by atoms with Gasteiger partial charge in [0.2, 0.25) is 0 Å². The first-order valence-electron chi connectivity index (χ1n) is 5.68. The molecule has 1 heterocycles. The fourth-order valence-corrected chi connectivity index (χ4v) is 2.42. The van der Waals surface area contributed by atoms with Gasteiger partial charge in [-0.1, -0.05) is 6.07 Å². The van der Waals surface area contributed by atoms with Crippen LogP contribution in [-0.4, -0.2) is 24.8 Å². The molecule has 1 aromatic rings. The van der Waals surface area contributed by atoms with Crippen molar-refractivity contribution in [1.82, 2.24) is 0 Å². The molecule has 2 atom stereocenters. The average Bonchev–Trinajstić information content (AvgIpc) is 2.59. The maximum absolute atomic E-state index is 13.2. The summed E-state index contributed by atoms with van der Waals surface area (Å²) in [5.74, 6) is -0.536. The van der Waals surface area contributed by atoms with Crippen LogP contribution in [0.4, 0.5) is 23.2 Å². The number of alkyl halides is 3. The van der Waals surface area contributed by atoms with E-state index >= 15 is 0 Å². The van der Waals surface area contributed by atoms with Crippen molar-refractivity contribution in [2.24, 2.45) is 5.73 Å². The summed E-state index contributed by atoms with van der Waals surface area (Å²) >= 11 is 0. The van der Waals surface area contributed by atoms with Crippen molar-refractivity contribution in [2.45, 2.75) is 31.6 Å². The van der Waals surface area contributed by atoms with E-state index in [4.69, 9.17) is 5.73 Å². The van der Waals surface area contributed by atoms with E-state index in [-0.39, 0.29) is 6.54 Å². The minimum atomic E-state index is -4.43. The molecule has 0 aromatic heterocycles. The molecule has 1 aliphatic rings. The van der Waals surface area contributed by atoms with Crippen LogP contribution >= 0.6 is 0 Å². The maximum Gasteiger partial charge on any atom is 0.410 e.